The zero-order valence-corrected chi connectivity index (χ0v) is 21.2. The maximum atomic E-state index is 13.7. The molecular weight excluding hydrogens is 499 g/mol. The number of ether oxygens (including phenoxy) is 1. The third kappa shape index (κ3) is 5.49. The first kappa shape index (κ1) is 26.1. The number of urea groups is 1. The minimum absolute atomic E-state index is 0.0826. The molecule has 0 N–H and O–H groups in total. The average Bonchev–Trinajstić information content (AvgIpc) is 3.67. The molecule has 0 bridgehead atoms. The minimum atomic E-state index is -4.79. The summed E-state index contributed by atoms with van der Waals surface area (Å²) in [4.78, 5) is 44.0. The number of anilines is 1. The van der Waals surface area contributed by atoms with Crippen LogP contribution in [0.2, 0.25) is 0 Å². The van der Waals surface area contributed by atoms with Crippen LogP contribution in [-0.2, 0) is 22.6 Å². The number of imide groups is 1. The lowest BCUT2D eigenvalue weighted by atomic mass is 9.85. The van der Waals surface area contributed by atoms with E-state index in [9.17, 15) is 27.6 Å². The highest BCUT2D eigenvalue weighted by atomic mass is 19.4. The van der Waals surface area contributed by atoms with Crippen molar-refractivity contribution in [3.63, 3.8) is 0 Å². The molecule has 3 aliphatic rings. The molecule has 5 rings (SSSR count). The van der Waals surface area contributed by atoms with Crippen LogP contribution in [-0.4, -0.2) is 59.1 Å². The third-order valence-electron chi connectivity index (χ3n) is 7.58. The van der Waals surface area contributed by atoms with Gasteiger partial charge in [0.05, 0.1) is 0 Å². The molecule has 1 spiro atoms. The number of Topliss-reactive ketones (excluding diaryl/α,β-unsaturated/α-hetero) is 1. The second-order valence-corrected chi connectivity index (χ2v) is 10.5. The Bertz CT molecular complexity index is 1220. The molecule has 0 unspecified atom stereocenters. The average molecular weight is 530 g/mol. The number of hydrogen-bond acceptors (Lipinski definition) is 5. The molecule has 7 nitrogen and oxygen atoms in total. The molecule has 3 fully saturated rings. The number of amides is 3. The first-order valence-electron chi connectivity index (χ1n) is 12.9. The fourth-order valence-electron chi connectivity index (χ4n) is 5.47. The molecule has 2 aliphatic heterocycles. The molecule has 38 heavy (non-hydrogen) atoms. The van der Waals surface area contributed by atoms with Crippen LogP contribution in [0, 0.1) is 5.92 Å². The number of hydrogen-bond donors (Lipinski definition) is 0. The van der Waals surface area contributed by atoms with Crippen LogP contribution in [0.5, 0.6) is 5.75 Å². The molecule has 1 saturated carbocycles. The van der Waals surface area contributed by atoms with Gasteiger partial charge < -0.3 is 14.5 Å². The standard InChI is InChI=1S/C28H30F3N3O4/c1-19(35)15-22-3-2-4-23(16-22)32-13-11-27(12-14-32)25(36)33(17-20-5-6-20)26(37)34(27)18-21-7-9-24(10-8-21)38-28(29,30)31/h2-4,7-10,16,20H,5-6,11-15,17-18H2,1H3. The van der Waals surface area contributed by atoms with Crippen molar-refractivity contribution in [3.8, 4) is 5.75 Å². The van der Waals surface area contributed by atoms with Gasteiger partial charge in [0.25, 0.3) is 5.91 Å². The van der Waals surface area contributed by atoms with E-state index in [1.165, 1.54) is 29.2 Å². The predicted molar refractivity (Wildman–Crippen MR) is 134 cm³/mol. The Balaban J connectivity index is 1.35. The van der Waals surface area contributed by atoms with Crippen LogP contribution in [0.25, 0.3) is 0 Å². The Morgan fingerprint density at radius 1 is 1.03 bits per heavy atom. The van der Waals surface area contributed by atoms with Gasteiger partial charge in [0.2, 0.25) is 0 Å². The Morgan fingerprint density at radius 2 is 1.71 bits per heavy atom. The van der Waals surface area contributed by atoms with E-state index in [2.05, 4.69) is 9.64 Å². The number of piperidine rings is 1. The molecule has 202 valence electrons. The van der Waals surface area contributed by atoms with Crippen LogP contribution in [0.3, 0.4) is 0 Å². The van der Waals surface area contributed by atoms with Crippen molar-refractivity contribution in [1.29, 1.82) is 0 Å². The normalized spacial score (nSPS) is 19.4. The van der Waals surface area contributed by atoms with E-state index in [-0.39, 0.29) is 30.0 Å². The summed E-state index contributed by atoms with van der Waals surface area (Å²) in [6.45, 7) is 3.18. The summed E-state index contributed by atoms with van der Waals surface area (Å²) in [7, 11) is 0. The van der Waals surface area contributed by atoms with Gasteiger partial charge in [-0.2, -0.15) is 0 Å². The molecule has 0 radical (unpaired) electrons. The number of carbonyl (C=O) groups is 3. The number of benzene rings is 2. The molecule has 2 saturated heterocycles. The number of ketones is 1. The number of carbonyl (C=O) groups excluding carboxylic acids is 3. The zero-order chi connectivity index (χ0) is 27.1. The summed E-state index contributed by atoms with van der Waals surface area (Å²) in [5.74, 6) is -0.103. The Hall–Kier alpha value is -3.56. The van der Waals surface area contributed by atoms with Crippen LogP contribution in [0.15, 0.2) is 48.5 Å². The summed E-state index contributed by atoms with van der Waals surface area (Å²) in [6, 6.07) is 12.9. The number of alkyl halides is 3. The van der Waals surface area contributed by atoms with Crippen LogP contribution >= 0.6 is 0 Å². The summed E-state index contributed by atoms with van der Waals surface area (Å²) in [5, 5.41) is 0. The van der Waals surface area contributed by atoms with Gasteiger partial charge in [0.1, 0.15) is 17.1 Å². The maximum Gasteiger partial charge on any atom is 0.573 e. The van der Waals surface area contributed by atoms with Crippen molar-refractivity contribution in [2.45, 2.75) is 57.5 Å². The van der Waals surface area contributed by atoms with E-state index in [1.54, 1.807) is 11.8 Å². The fraction of sp³-hybridized carbons (Fsp3) is 0.464. The van der Waals surface area contributed by atoms with Gasteiger partial charge in [-0.05, 0) is 73.9 Å². The van der Waals surface area contributed by atoms with E-state index in [1.807, 2.05) is 24.3 Å². The predicted octanol–water partition coefficient (Wildman–Crippen LogP) is 4.93. The summed E-state index contributed by atoms with van der Waals surface area (Å²) in [5.41, 5.74) is 1.52. The van der Waals surface area contributed by atoms with Gasteiger partial charge in [0, 0.05) is 38.3 Å². The van der Waals surface area contributed by atoms with Crippen molar-refractivity contribution in [1.82, 2.24) is 9.80 Å². The Morgan fingerprint density at radius 3 is 2.32 bits per heavy atom. The first-order chi connectivity index (χ1) is 18.0. The smallest absolute Gasteiger partial charge is 0.406 e. The van der Waals surface area contributed by atoms with Crippen molar-refractivity contribution in [2.24, 2.45) is 5.92 Å². The summed E-state index contributed by atoms with van der Waals surface area (Å²) >= 11 is 0. The fourth-order valence-corrected chi connectivity index (χ4v) is 5.47. The maximum absolute atomic E-state index is 13.7. The molecule has 1 aliphatic carbocycles. The van der Waals surface area contributed by atoms with Gasteiger partial charge in [-0.1, -0.05) is 24.3 Å². The lowest BCUT2D eigenvalue weighted by molar-refractivity contribution is -0.274. The quantitative estimate of drug-likeness (QED) is 0.454. The second-order valence-electron chi connectivity index (χ2n) is 10.5. The second kappa shape index (κ2) is 9.96. The Kier molecular flexibility index (Phi) is 6.83. The van der Waals surface area contributed by atoms with Gasteiger partial charge in [-0.25, -0.2) is 4.79 Å². The topological polar surface area (TPSA) is 70.2 Å². The molecule has 0 aromatic heterocycles. The largest absolute Gasteiger partial charge is 0.573 e. The molecular formula is C28H30F3N3O4. The van der Waals surface area contributed by atoms with E-state index >= 15 is 0 Å². The zero-order valence-electron chi connectivity index (χ0n) is 21.2. The van der Waals surface area contributed by atoms with E-state index in [4.69, 9.17) is 0 Å². The van der Waals surface area contributed by atoms with Gasteiger partial charge in [0.15, 0.2) is 0 Å². The molecule has 2 aromatic rings. The molecule has 10 heteroatoms. The Labute approximate surface area is 219 Å². The molecule has 0 atom stereocenters. The van der Waals surface area contributed by atoms with E-state index in [0.29, 0.717) is 50.4 Å². The molecule has 2 heterocycles. The summed E-state index contributed by atoms with van der Waals surface area (Å²) in [6.07, 6.45) is -1.57. The number of rotatable bonds is 8. The van der Waals surface area contributed by atoms with Crippen molar-refractivity contribution < 1.29 is 32.3 Å². The SMILES string of the molecule is CC(=O)Cc1cccc(N2CCC3(CC2)C(=O)N(CC2CC2)C(=O)N3Cc2ccc(OC(F)(F)F)cc2)c1. The van der Waals surface area contributed by atoms with Crippen molar-refractivity contribution in [3.05, 3.63) is 59.7 Å². The lowest BCUT2D eigenvalue weighted by Gasteiger charge is -2.43. The van der Waals surface area contributed by atoms with Crippen LogP contribution in [0.4, 0.5) is 23.7 Å². The monoisotopic (exact) mass is 529 g/mol. The number of nitrogens with zero attached hydrogens (tertiary/aromatic N) is 3. The highest BCUT2D eigenvalue weighted by molar-refractivity contribution is 6.07. The van der Waals surface area contributed by atoms with Gasteiger partial charge in [-0.3, -0.25) is 14.5 Å². The molecule has 3 amide bonds. The third-order valence-corrected chi connectivity index (χ3v) is 7.58. The summed E-state index contributed by atoms with van der Waals surface area (Å²) < 4.78 is 41.6. The van der Waals surface area contributed by atoms with Crippen molar-refractivity contribution in [2.75, 3.05) is 24.5 Å². The van der Waals surface area contributed by atoms with E-state index in [0.717, 1.165) is 24.1 Å². The van der Waals surface area contributed by atoms with Gasteiger partial charge >= 0.3 is 12.4 Å². The van der Waals surface area contributed by atoms with Gasteiger partial charge in [-0.15, -0.1) is 13.2 Å². The molecule has 2 aromatic carbocycles. The number of halogens is 3. The van der Waals surface area contributed by atoms with E-state index < -0.39 is 11.9 Å². The highest BCUT2D eigenvalue weighted by Gasteiger charge is 2.58. The highest BCUT2D eigenvalue weighted by Crippen LogP contribution is 2.42. The van der Waals surface area contributed by atoms with Crippen LogP contribution in [0.1, 0.15) is 43.7 Å². The first-order valence-corrected chi connectivity index (χ1v) is 12.9. The van der Waals surface area contributed by atoms with Crippen molar-refractivity contribution >= 4 is 23.4 Å². The van der Waals surface area contributed by atoms with Crippen LogP contribution < -0.4 is 9.64 Å². The minimum Gasteiger partial charge on any atom is -0.406 e. The lowest BCUT2D eigenvalue weighted by Crippen LogP contribution is -2.56.